The van der Waals surface area contributed by atoms with Crippen LogP contribution in [-0.4, -0.2) is 59.2 Å². The van der Waals surface area contributed by atoms with E-state index in [0.29, 0.717) is 10.7 Å². The number of esters is 1. The maximum atomic E-state index is 12.3. The van der Waals surface area contributed by atoms with Crippen LogP contribution in [0, 0.1) is 18.3 Å². The van der Waals surface area contributed by atoms with E-state index in [9.17, 15) is 19.6 Å². The lowest BCUT2D eigenvalue weighted by atomic mass is 10.1. The van der Waals surface area contributed by atoms with Gasteiger partial charge in [-0.1, -0.05) is 11.8 Å². The minimum atomic E-state index is -0.541. The highest BCUT2D eigenvalue weighted by Gasteiger charge is 2.20. The Balaban J connectivity index is 2.80. The van der Waals surface area contributed by atoms with Gasteiger partial charge in [0.15, 0.2) is 0 Å². The van der Waals surface area contributed by atoms with E-state index >= 15 is 0 Å². The van der Waals surface area contributed by atoms with Crippen molar-refractivity contribution in [1.82, 2.24) is 15.2 Å². The Kier molecular flexibility index (Phi) is 8.44. The minimum Gasteiger partial charge on any atom is -0.462 e. The highest BCUT2D eigenvalue weighted by atomic mass is 32.2. The number of nitrogens with zero attached hydrogens (tertiary/aromatic N) is 3. The SMILES string of the molecule is CCOC(=O)c1cc(C#N)c(SCC(=O)N(C)CC(=O)NC(C)(C)C)nc1C. The third-order valence-electron chi connectivity index (χ3n) is 3.45. The lowest BCUT2D eigenvalue weighted by Crippen LogP contribution is -2.46. The molecule has 152 valence electrons. The van der Waals surface area contributed by atoms with Crippen LogP contribution in [0.1, 0.15) is 49.3 Å². The van der Waals surface area contributed by atoms with Gasteiger partial charge < -0.3 is 15.0 Å². The fraction of sp³-hybridized carbons (Fsp3) is 0.526. The van der Waals surface area contributed by atoms with Gasteiger partial charge in [0.05, 0.1) is 35.7 Å². The molecule has 1 aromatic heterocycles. The van der Waals surface area contributed by atoms with Crippen molar-refractivity contribution in [3.8, 4) is 6.07 Å². The van der Waals surface area contributed by atoms with Crippen molar-refractivity contribution in [2.45, 2.75) is 45.2 Å². The van der Waals surface area contributed by atoms with Gasteiger partial charge >= 0.3 is 5.97 Å². The molecule has 0 saturated heterocycles. The second kappa shape index (κ2) is 10.1. The maximum Gasteiger partial charge on any atom is 0.340 e. The van der Waals surface area contributed by atoms with E-state index in [1.54, 1.807) is 20.9 Å². The van der Waals surface area contributed by atoms with Crippen LogP contribution in [0.15, 0.2) is 11.1 Å². The van der Waals surface area contributed by atoms with Crippen LogP contribution in [0.2, 0.25) is 0 Å². The van der Waals surface area contributed by atoms with E-state index in [0.717, 1.165) is 11.8 Å². The van der Waals surface area contributed by atoms with E-state index in [-0.39, 0.29) is 47.4 Å². The molecule has 0 unspecified atom stereocenters. The molecule has 0 aliphatic rings. The summed E-state index contributed by atoms with van der Waals surface area (Å²) in [6.45, 7) is 9.08. The Morgan fingerprint density at radius 3 is 2.54 bits per heavy atom. The normalized spacial score (nSPS) is 10.8. The molecule has 0 fully saturated rings. The number of aromatic nitrogens is 1. The highest BCUT2D eigenvalue weighted by molar-refractivity contribution is 8.00. The van der Waals surface area contributed by atoms with E-state index < -0.39 is 5.97 Å². The van der Waals surface area contributed by atoms with Crippen LogP contribution in [0.5, 0.6) is 0 Å². The number of aryl methyl sites for hydroxylation is 1. The average Bonchev–Trinajstić information content (AvgIpc) is 2.57. The summed E-state index contributed by atoms with van der Waals surface area (Å²) in [5.74, 6) is -1.05. The average molecular weight is 407 g/mol. The Bertz CT molecular complexity index is 796. The molecule has 1 heterocycles. The summed E-state index contributed by atoms with van der Waals surface area (Å²) in [5.41, 5.74) is 0.467. The molecule has 0 aliphatic carbocycles. The van der Waals surface area contributed by atoms with Gasteiger partial charge in [0.2, 0.25) is 11.8 Å². The quantitative estimate of drug-likeness (QED) is 0.543. The van der Waals surface area contributed by atoms with Crippen LogP contribution in [0.25, 0.3) is 0 Å². The van der Waals surface area contributed by atoms with Gasteiger partial charge in [0.1, 0.15) is 11.1 Å². The van der Waals surface area contributed by atoms with Gasteiger partial charge in [0.25, 0.3) is 0 Å². The summed E-state index contributed by atoms with van der Waals surface area (Å²) in [7, 11) is 1.54. The number of rotatable bonds is 7. The smallest absolute Gasteiger partial charge is 0.340 e. The molecule has 0 spiro atoms. The fourth-order valence-electron chi connectivity index (χ4n) is 2.19. The van der Waals surface area contributed by atoms with E-state index in [4.69, 9.17) is 4.74 Å². The molecule has 8 nitrogen and oxygen atoms in total. The molecule has 9 heteroatoms. The molecule has 0 radical (unpaired) electrons. The first kappa shape index (κ1) is 23.4. The molecule has 28 heavy (non-hydrogen) atoms. The van der Waals surface area contributed by atoms with Gasteiger partial charge in [-0.2, -0.15) is 5.26 Å². The fourth-order valence-corrected chi connectivity index (χ4v) is 3.13. The molecular formula is C19H26N4O4S. The number of hydrogen-bond acceptors (Lipinski definition) is 7. The van der Waals surface area contributed by atoms with Crippen molar-refractivity contribution in [1.29, 1.82) is 5.26 Å². The summed E-state index contributed by atoms with van der Waals surface area (Å²) in [6, 6.07) is 3.42. The summed E-state index contributed by atoms with van der Waals surface area (Å²) in [5, 5.41) is 12.5. The predicted molar refractivity (Wildman–Crippen MR) is 106 cm³/mol. The molecule has 0 aromatic carbocycles. The zero-order valence-electron chi connectivity index (χ0n) is 17.1. The Labute approximate surface area is 169 Å². The molecule has 0 atom stereocenters. The van der Waals surface area contributed by atoms with Crippen molar-refractivity contribution < 1.29 is 19.1 Å². The molecule has 2 amide bonds. The standard InChI is InChI=1S/C19H26N4O4S/c1-7-27-18(26)14-8-13(9-20)17(21-12(14)2)28-11-16(25)23(6)10-15(24)22-19(3,4)5/h8H,7,10-11H2,1-6H3,(H,22,24). The van der Waals surface area contributed by atoms with E-state index in [2.05, 4.69) is 10.3 Å². The first-order valence-electron chi connectivity index (χ1n) is 8.75. The van der Waals surface area contributed by atoms with Crippen LogP contribution in [0.3, 0.4) is 0 Å². The van der Waals surface area contributed by atoms with Crippen molar-refractivity contribution in [3.63, 3.8) is 0 Å². The molecule has 0 saturated carbocycles. The van der Waals surface area contributed by atoms with Crippen LogP contribution >= 0.6 is 11.8 Å². The molecule has 0 aliphatic heterocycles. The zero-order chi connectivity index (χ0) is 21.5. The van der Waals surface area contributed by atoms with Gasteiger partial charge in [0, 0.05) is 12.6 Å². The van der Waals surface area contributed by atoms with Gasteiger partial charge in [-0.05, 0) is 40.7 Å². The molecule has 0 bridgehead atoms. The van der Waals surface area contributed by atoms with E-state index in [1.807, 2.05) is 26.8 Å². The molecule has 1 N–H and O–H groups in total. The molecule has 1 rings (SSSR count). The number of nitriles is 1. The lowest BCUT2D eigenvalue weighted by molar-refractivity contribution is -0.133. The van der Waals surface area contributed by atoms with Crippen LogP contribution in [0.4, 0.5) is 0 Å². The number of pyridine rings is 1. The number of thioether (sulfide) groups is 1. The monoisotopic (exact) mass is 406 g/mol. The Morgan fingerprint density at radius 2 is 2.00 bits per heavy atom. The number of likely N-dealkylation sites (N-methyl/N-ethyl adjacent to an activating group) is 1. The highest BCUT2D eigenvalue weighted by Crippen LogP contribution is 2.23. The number of ether oxygens (including phenoxy) is 1. The topological polar surface area (TPSA) is 112 Å². The first-order chi connectivity index (χ1) is 13.0. The lowest BCUT2D eigenvalue weighted by Gasteiger charge is -2.23. The largest absolute Gasteiger partial charge is 0.462 e. The summed E-state index contributed by atoms with van der Waals surface area (Å²) < 4.78 is 4.96. The minimum absolute atomic E-state index is 0.0131. The van der Waals surface area contributed by atoms with Gasteiger partial charge in [-0.3, -0.25) is 9.59 Å². The number of hydrogen-bond donors (Lipinski definition) is 1. The van der Waals surface area contributed by atoms with Crippen molar-refractivity contribution >= 4 is 29.5 Å². The van der Waals surface area contributed by atoms with Crippen molar-refractivity contribution in [3.05, 3.63) is 22.9 Å². The molecule has 1 aromatic rings. The third kappa shape index (κ3) is 7.19. The zero-order valence-corrected chi connectivity index (χ0v) is 17.9. The van der Waals surface area contributed by atoms with Crippen LogP contribution < -0.4 is 5.32 Å². The van der Waals surface area contributed by atoms with E-state index in [1.165, 1.54) is 11.0 Å². The second-order valence-corrected chi connectivity index (χ2v) is 8.11. The van der Waals surface area contributed by atoms with Crippen LogP contribution in [-0.2, 0) is 14.3 Å². The number of carbonyl (C=O) groups excluding carboxylic acids is 3. The number of nitrogens with one attached hydrogen (secondary N) is 1. The number of amides is 2. The Morgan fingerprint density at radius 1 is 1.36 bits per heavy atom. The van der Waals surface area contributed by atoms with Gasteiger partial charge in [-0.15, -0.1) is 0 Å². The first-order valence-corrected chi connectivity index (χ1v) is 9.73. The summed E-state index contributed by atoms with van der Waals surface area (Å²) >= 11 is 1.09. The number of carbonyl (C=O) groups is 3. The van der Waals surface area contributed by atoms with Crippen molar-refractivity contribution in [2.24, 2.45) is 0 Å². The summed E-state index contributed by atoms with van der Waals surface area (Å²) in [6.07, 6.45) is 0. The predicted octanol–water partition coefficient (Wildman–Crippen LogP) is 1.90. The van der Waals surface area contributed by atoms with Gasteiger partial charge in [-0.25, -0.2) is 9.78 Å². The molecular weight excluding hydrogens is 380 g/mol. The second-order valence-electron chi connectivity index (χ2n) is 7.14. The van der Waals surface area contributed by atoms with Crippen molar-refractivity contribution in [2.75, 3.05) is 26.0 Å². The summed E-state index contributed by atoms with van der Waals surface area (Å²) in [4.78, 5) is 41.8. The third-order valence-corrected chi connectivity index (χ3v) is 4.42. The Hall–Kier alpha value is -2.60. The maximum absolute atomic E-state index is 12.3.